The van der Waals surface area contributed by atoms with Crippen LogP contribution in [0.5, 0.6) is 11.5 Å². The number of ether oxygens (including phenoxy) is 5. The number of para-hydroxylation sites is 4. The van der Waals surface area contributed by atoms with E-state index in [0.717, 1.165) is 44.9 Å². The van der Waals surface area contributed by atoms with E-state index in [9.17, 15) is 29.4 Å². The molecule has 0 saturated carbocycles. The molecule has 13 heteroatoms. The number of esters is 2. The first-order chi connectivity index (χ1) is 25.7. The number of hydrogen-bond acceptors (Lipinski definition) is 11. The Morgan fingerprint density at radius 1 is 0.491 bits per heavy atom. The lowest BCUT2D eigenvalue weighted by Crippen LogP contribution is -2.36. The summed E-state index contributed by atoms with van der Waals surface area (Å²) in [4.78, 5) is 51.5. The van der Waals surface area contributed by atoms with Crippen LogP contribution in [-0.4, -0.2) is 99.9 Å². The fourth-order valence-electron chi connectivity index (χ4n) is 5.54. The minimum absolute atomic E-state index is 0.0336. The van der Waals surface area contributed by atoms with Gasteiger partial charge in [0.05, 0.1) is 24.6 Å². The number of benzene rings is 2. The fraction of sp³-hybridized carbons (Fsp3) is 0.600. The molecular weight excluding hydrogens is 684 g/mol. The van der Waals surface area contributed by atoms with E-state index in [1.807, 2.05) is 0 Å². The molecule has 0 aliphatic rings. The van der Waals surface area contributed by atoms with Crippen LogP contribution < -0.4 is 19.3 Å². The van der Waals surface area contributed by atoms with Gasteiger partial charge in [0.25, 0.3) is 0 Å². The third-order valence-electron chi connectivity index (χ3n) is 8.20. The lowest BCUT2D eigenvalue weighted by molar-refractivity contribution is -0.144. The van der Waals surface area contributed by atoms with Crippen LogP contribution in [0, 0.1) is 0 Å². The molecule has 0 aromatic heterocycles. The Kier molecular flexibility index (Phi) is 23.6. The van der Waals surface area contributed by atoms with Crippen molar-refractivity contribution in [3.63, 3.8) is 0 Å². The zero-order valence-corrected chi connectivity index (χ0v) is 31.6. The molecule has 0 aliphatic carbocycles. The number of carbonyl (C=O) groups excluding carboxylic acids is 2. The third-order valence-corrected chi connectivity index (χ3v) is 8.20. The molecule has 2 N–H and O–H groups in total. The lowest BCUT2D eigenvalue weighted by atomic mass is 10.1. The normalized spacial score (nSPS) is 10.8. The standard InChI is InChI=1S/C40H60N2O11/c1-3-5-7-9-11-17-23-49-25-26-53-40(48)32-42(30-38(45)46)34-20-14-16-22-36(34)51-28-27-50-35-21-15-13-19-33(35)41(29-37(43)44)31-39(47)52-24-18-12-10-8-6-4-2/h13-16,19-22H,3-12,17-18,23-32H2,1-2H3,(H,43,44)(H,45,46). The molecule has 0 unspecified atom stereocenters. The van der Waals surface area contributed by atoms with Gasteiger partial charge < -0.3 is 43.7 Å². The first-order valence-corrected chi connectivity index (χ1v) is 19.0. The van der Waals surface area contributed by atoms with E-state index in [1.54, 1.807) is 48.5 Å². The number of anilines is 2. The van der Waals surface area contributed by atoms with Gasteiger partial charge in [-0.1, -0.05) is 102 Å². The van der Waals surface area contributed by atoms with Crippen LogP contribution in [-0.2, 0) is 33.4 Å². The molecule has 2 rings (SSSR count). The SMILES string of the molecule is CCCCCCCCOCCOC(=O)CN(CC(=O)O)c1ccccc1OCCOc1ccccc1N(CC(=O)O)CC(=O)OCCCCCCCC. The van der Waals surface area contributed by atoms with Gasteiger partial charge in [-0.3, -0.25) is 19.2 Å². The summed E-state index contributed by atoms with van der Waals surface area (Å²) in [6.45, 7) is 4.14. The van der Waals surface area contributed by atoms with Crippen molar-refractivity contribution in [3.05, 3.63) is 48.5 Å². The smallest absolute Gasteiger partial charge is 0.325 e. The van der Waals surface area contributed by atoms with Crippen LogP contribution in [0.3, 0.4) is 0 Å². The van der Waals surface area contributed by atoms with Gasteiger partial charge in [0, 0.05) is 6.61 Å². The third kappa shape index (κ3) is 20.3. The van der Waals surface area contributed by atoms with E-state index >= 15 is 0 Å². The number of aliphatic carboxylic acids is 2. The van der Waals surface area contributed by atoms with Gasteiger partial charge in [-0.05, 0) is 37.1 Å². The van der Waals surface area contributed by atoms with Crippen LogP contribution in [0.15, 0.2) is 48.5 Å². The van der Waals surface area contributed by atoms with Gasteiger partial charge in [-0.25, -0.2) is 0 Å². The zero-order chi connectivity index (χ0) is 38.5. The minimum atomic E-state index is -1.13. The van der Waals surface area contributed by atoms with Crippen molar-refractivity contribution >= 4 is 35.3 Å². The average molecular weight is 745 g/mol. The van der Waals surface area contributed by atoms with Crippen LogP contribution in [0.4, 0.5) is 11.4 Å². The molecule has 0 amide bonds. The van der Waals surface area contributed by atoms with Gasteiger partial charge in [-0.2, -0.15) is 0 Å². The van der Waals surface area contributed by atoms with E-state index in [2.05, 4.69) is 13.8 Å². The van der Waals surface area contributed by atoms with E-state index in [-0.39, 0.29) is 46.1 Å². The second-order valence-electron chi connectivity index (χ2n) is 12.7. The first kappa shape index (κ1) is 44.6. The molecule has 13 nitrogen and oxygen atoms in total. The maximum absolute atomic E-state index is 12.7. The molecule has 296 valence electrons. The van der Waals surface area contributed by atoms with Crippen molar-refractivity contribution in [2.75, 3.05) is 75.6 Å². The highest BCUT2D eigenvalue weighted by Gasteiger charge is 2.21. The predicted octanol–water partition coefficient (Wildman–Crippen LogP) is 6.75. The molecule has 2 aromatic rings. The molecule has 0 atom stereocenters. The highest BCUT2D eigenvalue weighted by Crippen LogP contribution is 2.30. The number of carbonyl (C=O) groups is 4. The number of carboxylic acids is 2. The first-order valence-electron chi connectivity index (χ1n) is 19.0. The Hall–Kier alpha value is -4.52. The summed E-state index contributed by atoms with van der Waals surface area (Å²) < 4.78 is 28.2. The van der Waals surface area contributed by atoms with Crippen molar-refractivity contribution in [1.29, 1.82) is 0 Å². The Morgan fingerprint density at radius 3 is 1.38 bits per heavy atom. The largest absolute Gasteiger partial charge is 0.488 e. The molecule has 0 bridgehead atoms. The second-order valence-corrected chi connectivity index (χ2v) is 12.7. The van der Waals surface area contributed by atoms with E-state index in [0.29, 0.717) is 29.5 Å². The Labute approximate surface area is 314 Å². The highest BCUT2D eigenvalue weighted by atomic mass is 16.6. The summed E-state index contributed by atoms with van der Waals surface area (Å²) in [6, 6.07) is 13.5. The summed E-state index contributed by atoms with van der Waals surface area (Å²) in [5, 5.41) is 19.1. The molecule has 0 radical (unpaired) electrons. The van der Waals surface area contributed by atoms with Gasteiger partial charge in [0.2, 0.25) is 0 Å². The highest BCUT2D eigenvalue weighted by molar-refractivity contribution is 5.82. The monoisotopic (exact) mass is 744 g/mol. The summed E-state index contributed by atoms with van der Waals surface area (Å²) in [5.74, 6) is -2.69. The van der Waals surface area contributed by atoms with Crippen molar-refractivity contribution in [1.82, 2.24) is 0 Å². The zero-order valence-electron chi connectivity index (χ0n) is 31.6. The summed E-state index contributed by atoms with van der Waals surface area (Å²) in [6.07, 6.45) is 13.2. The molecule has 0 saturated heterocycles. The number of unbranched alkanes of at least 4 members (excludes halogenated alkanes) is 10. The van der Waals surface area contributed by atoms with Crippen molar-refractivity contribution in [2.45, 2.75) is 90.9 Å². The molecular formula is C40H60N2O11. The summed E-state index contributed by atoms with van der Waals surface area (Å²) in [5.41, 5.74) is 0.796. The molecule has 0 aliphatic heterocycles. The predicted molar refractivity (Wildman–Crippen MR) is 203 cm³/mol. The number of carboxylic acid groups (broad SMARTS) is 2. The molecule has 0 spiro atoms. The number of rotatable bonds is 32. The van der Waals surface area contributed by atoms with E-state index in [4.69, 9.17) is 23.7 Å². The maximum atomic E-state index is 12.7. The van der Waals surface area contributed by atoms with Crippen LogP contribution in [0.25, 0.3) is 0 Å². The topological polar surface area (TPSA) is 161 Å². The van der Waals surface area contributed by atoms with Gasteiger partial charge in [-0.15, -0.1) is 0 Å². The Morgan fingerprint density at radius 2 is 0.906 bits per heavy atom. The quantitative estimate of drug-likeness (QED) is 0.0599. The van der Waals surface area contributed by atoms with Crippen LogP contribution >= 0.6 is 0 Å². The molecule has 2 aromatic carbocycles. The number of hydrogen-bond donors (Lipinski definition) is 2. The summed E-state index contributed by atoms with van der Waals surface area (Å²) in [7, 11) is 0. The van der Waals surface area contributed by atoms with E-state index < -0.39 is 37.0 Å². The minimum Gasteiger partial charge on any atom is -0.488 e. The van der Waals surface area contributed by atoms with Crippen molar-refractivity contribution in [3.8, 4) is 11.5 Å². The van der Waals surface area contributed by atoms with Gasteiger partial charge in [0.15, 0.2) is 0 Å². The lowest BCUT2D eigenvalue weighted by Gasteiger charge is -2.25. The van der Waals surface area contributed by atoms with E-state index in [1.165, 1.54) is 41.9 Å². The summed E-state index contributed by atoms with van der Waals surface area (Å²) >= 11 is 0. The van der Waals surface area contributed by atoms with Crippen molar-refractivity contribution < 1.29 is 53.1 Å². The molecule has 0 fully saturated rings. The molecule has 0 heterocycles. The molecule has 53 heavy (non-hydrogen) atoms. The van der Waals surface area contributed by atoms with Crippen molar-refractivity contribution in [2.24, 2.45) is 0 Å². The van der Waals surface area contributed by atoms with Gasteiger partial charge >= 0.3 is 23.9 Å². The average Bonchev–Trinajstić information content (AvgIpc) is 3.13. The number of nitrogens with zero attached hydrogens (tertiary/aromatic N) is 2. The maximum Gasteiger partial charge on any atom is 0.325 e. The van der Waals surface area contributed by atoms with Crippen LogP contribution in [0.1, 0.15) is 90.9 Å². The fourth-order valence-corrected chi connectivity index (χ4v) is 5.54. The Balaban J connectivity index is 1.92. The van der Waals surface area contributed by atoms with Gasteiger partial charge in [0.1, 0.15) is 57.5 Å². The Bertz CT molecular complexity index is 1340. The second kappa shape index (κ2) is 28.0. The van der Waals surface area contributed by atoms with Crippen LogP contribution in [0.2, 0.25) is 0 Å².